The fourth-order valence-electron chi connectivity index (χ4n) is 2.58. The van der Waals surface area contributed by atoms with Crippen molar-refractivity contribution in [3.63, 3.8) is 0 Å². The fourth-order valence-corrected chi connectivity index (χ4v) is 2.76. The Kier molecular flexibility index (Phi) is 4.29. The zero-order chi connectivity index (χ0) is 15.5. The Balaban J connectivity index is 1.57. The van der Waals surface area contributed by atoms with Crippen LogP contribution in [0.3, 0.4) is 0 Å². The van der Waals surface area contributed by atoms with Crippen LogP contribution in [-0.2, 0) is 11.3 Å². The lowest BCUT2D eigenvalue weighted by Crippen LogP contribution is -2.49. The van der Waals surface area contributed by atoms with Gasteiger partial charge in [-0.05, 0) is 25.1 Å². The van der Waals surface area contributed by atoms with E-state index in [2.05, 4.69) is 15.2 Å². The Morgan fingerprint density at radius 1 is 1.27 bits per heavy atom. The molecule has 3 rings (SSSR count). The number of anilines is 1. The standard InChI is InChI=1S/C15H18ClN5O/c1-12-10-17-18-21(12)11-15(22)20-7-5-19(6-8-20)14-4-2-3-13(16)9-14/h2-4,9-10H,5-8,11H2,1H3. The minimum atomic E-state index is 0.0827. The molecule has 22 heavy (non-hydrogen) atoms. The van der Waals surface area contributed by atoms with E-state index in [1.165, 1.54) is 0 Å². The van der Waals surface area contributed by atoms with Gasteiger partial charge in [-0.25, -0.2) is 4.68 Å². The summed E-state index contributed by atoms with van der Waals surface area (Å²) in [5, 5.41) is 8.45. The lowest BCUT2D eigenvalue weighted by Gasteiger charge is -2.36. The molecule has 0 saturated carbocycles. The molecule has 1 saturated heterocycles. The smallest absolute Gasteiger partial charge is 0.244 e. The van der Waals surface area contributed by atoms with Crippen molar-refractivity contribution in [3.05, 3.63) is 41.2 Å². The van der Waals surface area contributed by atoms with E-state index in [-0.39, 0.29) is 12.5 Å². The summed E-state index contributed by atoms with van der Waals surface area (Å²) in [5.74, 6) is 0.0827. The van der Waals surface area contributed by atoms with E-state index in [0.717, 1.165) is 29.5 Å². The van der Waals surface area contributed by atoms with Crippen molar-refractivity contribution >= 4 is 23.2 Å². The van der Waals surface area contributed by atoms with Crippen molar-refractivity contribution in [2.24, 2.45) is 0 Å². The van der Waals surface area contributed by atoms with Gasteiger partial charge in [0.25, 0.3) is 0 Å². The molecule has 0 radical (unpaired) electrons. The number of halogens is 1. The molecule has 1 aromatic carbocycles. The summed E-state index contributed by atoms with van der Waals surface area (Å²) in [7, 11) is 0. The molecular formula is C15H18ClN5O. The van der Waals surface area contributed by atoms with Crippen LogP contribution in [0.5, 0.6) is 0 Å². The molecule has 2 heterocycles. The average molecular weight is 320 g/mol. The number of benzene rings is 1. The number of aryl methyl sites for hydroxylation is 1. The number of piperazine rings is 1. The van der Waals surface area contributed by atoms with E-state index in [0.29, 0.717) is 13.1 Å². The third kappa shape index (κ3) is 3.22. The first-order valence-electron chi connectivity index (χ1n) is 7.27. The van der Waals surface area contributed by atoms with Gasteiger partial charge in [-0.1, -0.05) is 22.9 Å². The van der Waals surface area contributed by atoms with Crippen LogP contribution in [0.1, 0.15) is 5.69 Å². The summed E-state index contributed by atoms with van der Waals surface area (Å²) in [4.78, 5) is 16.4. The number of aromatic nitrogens is 3. The molecule has 0 aliphatic carbocycles. The van der Waals surface area contributed by atoms with Crippen LogP contribution in [0.25, 0.3) is 0 Å². The first-order valence-corrected chi connectivity index (χ1v) is 7.64. The summed E-state index contributed by atoms with van der Waals surface area (Å²) in [6.45, 7) is 5.18. The van der Waals surface area contributed by atoms with E-state index < -0.39 is 0 Å². The Hall–Kier alpha value is -2.08. The molecule has 0 unspecified atom stereocenters. The number of amides is 1. The summed E-state index contributed by atoms with van der Waals surface area (Å²) in [6.07, 6.45) is 1.66. The highest BCUT2D eigenvalue weighted by Gasteiger charge is 2.22. The minimum absolute atomic E-state index is 0.0827. The maximum atomic E-state index is 12.3. The van der Waals surface area contributed by atoms with Gasteiger partial charge >= 0.3 is 0 Å². The monoisotopic (exact) mass is 319 g/mol. The van der Waals surface area contributed by atoms with E-state index in [1.807, 2.05) is 36.1 Å². The second-order valence-electron chi connectivity index (χ2n) is 5.38. The van der Waals surface area contributed by atoms with Crippen molar-refractivity contribution < 1.29 is 4.79 Å². The van der Waals surface area contributed by atoms with Gasteiger partial charge in [0, 0.05) is 36.9 Å². The van der Waals surface area contributed by atoms with Gasteiger partial charge < -0.3 is 9.80 Å². The number of rotatable bonds is 3. The van der Waals surface area contributed by atoms with Crippen molar-refractivity contribution in [2.75, 3.05) is 31.1 Å². The number of hydrogen-bond acceptors (Lipinski definition) is 4. The molecule has 6 nitrogen and oxygen atoms in total. The first-order chi connectivity index (χ1) is 10.6. The van der Waals surface area contributed by atoms with Gasteiger partial charge in [-0.15, -0.1) is 5.10 Å². The second-order valence-corrected chi connectivity index (χ2v) is 5.82. The highest BCUT2D eigenvalue weighted by molar-refractivity contribution is 6.30. The number of hydrogen-bond donors (Lipinski definition) is 0. The summed E-state index contributed by atoms with van der Waals surface area (Å²) < 4.78 is 1.63. The van der Waals surface area contributed by atoms with Crippen molar-refractivity contribution in [1.29, 1.82) is 0 Å². The second kappa shape index (κ2) is 6.36. The topological polar surface area (TPSA) is 54.3 Å². The van der Waals surface area contributed by atoms with E-state index >= 15 is 0 Å². The molecule has 7 heteroatoms. The van der Waals surface area contributed by atoms with Crippen LogP contribution >= 0.6 is 11.6 Å². The van der Waals surface area contributed by atoms with Crippen LogP contribution < -0.4 is 4.90 Å². The first kappa shape index (κ1) is 14.8. The molecule has 1 fully saturated rings. The summed E-state index contributed by atoms with van der Waals surface area (Å²) in [6, 6.07) is 7.81. The van der Waals surface area contributed by atoms with Gasteiger partial charge in [-0.2, -0.15) is 0 Å². The molecule has 1 amide bonds. The quantitative estimate of drug-likeness (QED) is 0.862. The lowest BCUT2D eigenvalue weighted by molar-refractivity contribution is -0.132. The molecule has 0 N–H and O–H groups in total. The maximum absolute atomic E-state index is 12.3. The predicted octanol–water partition coefficient (Wildman–Crippen LogP) is 1.59. The van der Waals surface area contributed by atoms with E-state index in [4.69, 9.17) is 11.6 Å². The Morgan fingerprint density at radius 3 is 2.68 bits per heavy atom. The minimum Gasteiger partial charge on any atom is -0.368 e. The molecule has 0 atom stereocenters. The number of nitrogens with zero attached hydrogens (tertiary/aromatic N) is 5. The predicted molar refractivity (Wildman–Crippen MR) is 85.0 cm³/mol. The zero-order valence-electron chi connectivity index (χ0n) is 12.4. The summed E-state index contributed by atoms with van der Waals surface area (Å²) in [5.41, 5.74) is 2.00. The molecule has 2 aromatic rings. The van der Waals surface area contributed by atoms with Crippen LogP contribution in [0, 0.1) is 6.92 Å². The SMILES string of the molecule is Cc1cnnn1CC(=O)N1CCN(c2cccc(Cl)c2)CC1. The van der Waals surface area contributed by atoms with Crippen molar-refractivity contribution in [3.8, 4) is 0 Å². The van der Waals surface area contributed by atoms with Gasteiger partial charge in [0.2, 0.25) is 5.91 Å². The number of carbonyl (C=O) groups excluding carboxylic acids is 1. The Morgan fingerprint density at radius 2 is 2.05 bits per heavy atom. The molecule has 0 spiro atoms. The molecule has 1 aliphatic rings. The average Bonchev–Trinajstić information content (AvgIpc) is 2.92. The van der Waals surface area contributed by atoms with Gasteiger partial charge in [0.1, 0.15) is 6.54 Å². The number of carbonyl (C=O) groups is 1. The molecule has 1 aliphatic heterocycles. The zero-order valence-corrected chi connectivity index (χ0v) is 13.2. The van der Waals surface area contributed by atoms with Crippen molar-refractivity contribution in [2.45, 2.75) is 13.5 Å². The molecule has 0 bridgehead atoms. The van der Waals surface area contributed by atoms with Crippen molar-refractivity contribution in [1.82, 2.24) is 19.9 Å². The third-order valence-corrected chi connectivity index (χ3v) is 4.14. The largest absolute Gasteiger partial charge is 0.368 e. The maximum Gasteiger partial charge on any atom is 0.244 e. The van der Waals surface area contributed by atoms with Crippen LogP contribution in [0.2, 0.25) is 5.02 Å². The molecule has 1 aromatic heterocycles. The van der Waals surface area contributed by atoms with Crippen LogP contribution in [-0.4, -0.2) is 52.0 Å². The van der Waals surface area contributed by atoms with Gasteiger partial charge in [0.15, 0.2) is 0 Å². The molecule has 116 valence electrons. The Bertz CT molecular complexity index is 663. The highest BCUT2D eigenvalue weighted by atomic mass is 35.5. The van der Waals surface area contributed by atoms with Crippen LogP contribution in [0.4, 0.5) is 5.69 Å². The highest BCUT2D eigenvalue weighted by Crippen LogP contribution is 2.20. The van der Waals surface area contributed by atoms with Gasteiger partial charge in [-0.3, -0.25) is 4.79 Å². The lowest BCUT2D eigenvalue weighted by atomic mass is 10.2. The van der Waals surface area contributed by atoms with E-state index in [1.54, 1.807) is 10.9 Å². The van der Waals surface area contributed by atoms with Gasteiger partial charge in [0.05, 0.1) is 11.9 Å². The van der Waals surface area contributed by atoms with Crippen LogP contribution in [0.15, 0.2) is 30.5 Å². The normalized spacial score (nSPS) is 15.2. The summed E-state index contributed by atoms with van der Waals surface area (Å²) >= 11 is 6.03. The van der Waals surface area contributed by atoms with E-state index in [9.17, 15) is 4.79 Å². The Labute approximate surface area is 134 Å². The third-order valence-electron chi connectivity index (χ3n) is 3.90. The molecular weight excluding hydrogens is 302 g/mol. The fraction of sp³-hybridized carbons (Fsp3) is 0.400.